The van der Waals surface area contributed by atoms with Gasteiger partial charge in [-0.25, -0.2) is 4.79 Å². The van der Waals surface area contributed by atoms with Crippen molar-refractivity contribution < 1.29 is 24.3 Å². The summed E-state index contributed by atoms with van der Waals surface area (Å²) >= 11 is 1.46. The fourth-order valence-corrected chi connectivity index (χ4v) is 2.53. The van der Waals surface area contributed by atoms with Gasteiger partial charge in [0.1, 0.15) is 12.1 Å². The van der Waals surface area contributed by atoms with Crippen LogP contribution in [0.15, 0.2) is 4.99 Å². The number of thioether (sulfide) groups is 1. The van der Waals surface area contributed by atoms with Crippen LogP contribution in [0.5, 0.6) is 0 Å². The number of hydrogen-bond donors (Lipinski definition) is 7. The monoisotopic (exact) mass is 419 g/mol. The molecule has 0 aliphatic heterocycles. The van der Waals surface area contributed by atoms with Gasteiger partial charge in [0.05, 0.1) is 13.1 Å². The van der Waals surface area contributed by atoms with Gasteiger partial charge >= 0.3 is 5.97 Å². The number of hydrogen-bond acceptors (Lipinski definition) is 7. The average molecular weight is 420 g/mol. The third kappa shape index (κ3) is 12.0. The second-order valence-electron chi connectivity index (χ2n) is 5.73. The molecule has 0 aromatic carbocycles. The lowest BCUT2D eigenvalue weighted by Gasteiger charge is -2.18. The normalized spacial score (nSPS) is 12.4. The molecule has 0 radical (unpaired) electrons. The molecule has 0 aromatic rings. The van der Waals surface area contributed by atoms with Crippen LogP contribution in [0.25, 0.3) is 0 Å². The minimum Gasteiger partial charge on any atom is -0.480 e. The maximum Gasteiger partial charge on any atom is 0.326 e. The Labute approximate surface area is 167 Å². The third-order valence-electron chi connectivity index (χ3n) is 3.45. The standard InChI is InChI=1S/C15H29N7O5S/c1-28-6-4-10(14(26)27)22-12(24)8-20-13(25)9(21-11(23)7-16)3-2-5-19-15(17)18/h9-10H,2-8,16H2,1H3,(H,20,25)(H,21,23)(H,22,24)(H,26,27)(H4,17,18,19). The quantitative estimate of drug-likeness (QED) is 0.0861. The molecule has 0 fully saturated rings. The second-order valence-corrected chi connectivity index (χ2v) is 6.72. The summed E-state index contributed by atoms with van der Waals surface area (Å²) in [4.78, 5) is 50.6. The average Bonchev–Trinajstić information content (AvgIpc) is 2.64. The van der Waals surface area contributed by atoms with Crippen LogP contribution in [0, 0.1) is 0 Å². The van der Waals surface area contributed by atoms with Crippen molar-refractivity contribution in [2.24, 2.45) is 22.2 Å². The molecule has 0 saturated heterocycles. The summed E-state index contributed by atoms with van der Waals surface area (Å²) in [6, 6.07) is -1.96. The van der Waals surface area contributed by atoms with Crippen LogP contribution in [0.1, 0.15) is 19.3 Å². The number of carbonyl (C=O) groups excluding carboxylic acids is 3. The van der Waals surface area contributed by atoms with E-state index in [1.54, 1.807) is 0 Å². The number of carbonyl (C=O) groups is 4. The van der Waals surface area contributed by atoms with Crippen LogP contribution < -0.4 is 33.2 Å². The van der Waals surface area contributed by atoms with Crippen LogP contribution in [-0.4, -0.2) is 78.5 Å². The van der Waals surface area contributed by atoms with Gasteiger partial charge in [-0.15, -0.1) is 0 Å². The number of aliphatic carboxylic acids is 1. The summed E-state index contributed by atoms with van der Waals surface area (Å²) in [7, 11) is 0. The molecule has 0 aliphatic rings. The number of nitrogens with zero attached hydrogens (tertiary/aromatic N) is 1. The molecule has 3 amide bonds. The first-order valence-electron chi connectivity index (χ1n) is 8.54. The number of carboxylic acids is 1. The zero-order valence-corrected chi connectivity index (χ0v) is 16.6. The van der Waals surface area contributed by atoms with E-state index < -0.39 is 42.3 Å². The minimum atomic E-state index is -1.15. The van der Waals surface area contributed by atoms with Crippen LogP contribution in [0.2, 0.25) is 0 Å². The summed E-state index contributed by atoms with van der Waals surface area (Å²) in [6.07, 6.45) is 2.71. The molecule has 0 aromatic heterocycles. The fourth-order valence-electron chi connectivity index (χ4n) is 2.05. The van der Waals surface area contributed by atoms with Crippen LogP contribution in [0.4, 0.5) is 0 Å². The summed E-state index contributed by atoms with van der Waals surface area (Å²) in [6.45, 7) is -0.459. The predicted molar refractivity (Wildman–Crippen MR) is 106 cm³/mol. The van der Waals surface area contributed by atoms with Crippen LogP contribution in [0.3, 0.4) is 0 Å². The summed E-state index contributed by atoms with van der Waals surface area (Å²) in [5.41, 5.74) is 15.7. The zero-order chi connectivity index (χ0) is 21.5. The molecule has 12 nitrogen and oxygen atoms in total. The fraction of sp³-hybridized carbons (Fsp3) is 0.667. The number of nitrogens with two attached hydrogens (primary N) is 3. The van der Waals surface area contributed by atoms with Crippen molar-refractivity contribution in [3.8, 4) is 0 Å². The number of nitrogens with one attached hydrogen (secondary N) is 3. The van der Waals surface area contributed by atoms with E-state index in [0.29, 0.717) is 12.2 Å². The molecule has 0 bridgehead atoms. The van der Waals surface area contributed by atoms with E-state index in [1.807, 2.05) is 6.26 Å². The third-order valence-corrected chi connectivity index (χ3v) is 4.09. The first-order chi connectivity index (χ1) is 13.2. The van der Waals surface area contributed by atoms with Gasteiger partial charge in [-0.2, -0.15) is 11.8 Å². The Hall–Kier alpha value is -2.54. The van der Waals surface area contributed by atoms with Gasteiger partial charge in [0.2, 0.25) is 17.7 Å². The Morgan fingerprint density at radius 3 is 2.25 bits per heavy atom. The first-order valence-corrected chi connectivity index (χ1v) is 9.94. The number of rotatable bonds is 14. The molecule has 2 atom stereocenters. The van der Waals surface area contributed by atoms with Gasteiger partial charge in [0.25, 0.3) is 0 Å². The zero-order valence-electron chi connectivity index (χ0n) is 15.8. The molecule has 0 spiro atoms. The molecule has 0 rings (SSSR count). The van der Waals surface area contributed by atoms with Gasteiger partial charge in [0.15, 0.2) is 5.96 Å². The highest BCUT2D eigenvalue weighted by molar-refractivity contribution is 7.98. The van der Waals surface area contributed by atoms with Gasteiger partial charge in [0, 0.05) is 6.54 Å². The van der Waals surface area contributed by atoms with Crippen molar-refractivity contribution in [2.45, 2.75) is 31.3 Å². The van der Waals surface area contributed by atoms with E-state index in [1.165, 1.54) is 11.8 Å². The topological polar surface area (TPSA) is 215 Å². The van der Waals surface area contributed by atoms with Crippen molar-refractivity contribution in [3.63, 3.8) is 0 Å². The maximum absolute atomic E-state index is 12.3. The molecule has 2 unspecified atom stereocenters. The van der Waals surface area contributed by atoms with E-state index in [-0.39, 0.29) is 31.9 Å². The lowest BCUT2D eigenvalue weighted by Crippen LogP contribution is -2.51. The SMILES string of the molecule is CSCCC(NC(=O)CNC(=O)C(CCCN=C(N)N)NC(=O)CN)C(=O)O. The van der Waals surface area contributed by atoms with Crippen molar-refractivity contribution >= 4 is 41.4 Å². The van der Waals surface area contributed by atoms with Gasteiger partial charge in [-0.05, 0) is 31.3 Å². The number of guanidine groups is 1. The Morgan fingerprint density at radius 1 is 1.07 bits per heavy atom. The summed E-state index contributed by atoms with van der Waals surface area (Å²) in [5.74, 6) is -2.45. The number of aliphatic imine (C=N–C) groups is 1. The Balaban J connectivity index is 4.64. The second kappa shape index (κ2) is 14.5. The molecule has 10 N–H and O–H groups in total. The molecule has 0 saturated carbocycles. The molecular weight excluding hydrogens is 390 g/mol. The highest BCUT2D eigenvalue weighted by Crippen LogP contribution is 2.01. The smallest absolute Gasteiger partial charge is 0.326 e. The van der Waals surface area contributed by atoms with Crippen molar-refractivity contribution in [3.05, 3.63) is 0 Å². The first kappa shape index (κ1) is 25.5. The lowest BCUT2D eigenvalue weighted by atomic mass is 10.1. The minimum absolute atomic E-state index is 0.0851. The van der Waals surface area contributed by atoms with E-state index in [9.17, 15) is 19.2 Å². The highest BCUT2D eigenvalue weighted by Gasteiger charge is 2.22. The highest BCUT2D eigenvalue weighted by atomic mass is 32.2. The van der Waals surface area contributed by atoms with Crippen molar-refractivity contribution in [2.75, 3.05) is 31.6 Å². The summed E-state index contributed by atoms with van der Waals surface area (Å²) < 4.78 is 0. The molecule has 0 heterocycles. The molecule has 0 aliphatic carbocycles. The van der Waals surface area contributed by atoms with Gasteiger partial charge < -0.3 is 38.3 Å². The largest absolute Gasteiger partial charge is 0.480 e. The molecule has 160 valence electrons. The van der Waals surface area contributed by atoms with E-state index >= 15 is 0 Å². The number of amides is 3. The van der Waals surface area contributed by atoms with E-state index in [4.69, 9.17) is 22.3 Å². The van der Waals surface area contributed by atoms with E-state index in [2.05, 4.69) is 20.9 Å². The van der Waals surface area contributed by atoms with E-state index in [0.717, 1.165) is 0 Å². The van der Waals surface area contributed by atoms with Crippen LogP contribution >= 0.6 is 11.8 Å². The molecular formula is C15H29N7O5S. The summed E-state index contributed by atoms with van der Waals surface area (Å²) in [5, 5.41) is 16.3. The molecule has 28 heavy (non-hydrogen) atoms. The Bertz CT molecular complexity index is 569. The number of carboxylic acid groups (broad SMARTS) is 1. The Morgan fingerprint density at radius 2 is 1.71 bits per heavy atom. The van der Waals surface area contributed by atoms with Crippen molar-refractivity contribution in [1.82, 2.24) is 16.0 Å². The van der Waals surface area contributed by atoms with Gasteiger partial charge in [-0.3, -0.25) is 19.4 Å². The van der Waals surface area contributed by atoms with Crippen LogP contribution in [-0.2, 0) is 19.2 Å². The Kier molecular flexibility index (Phi) is 13.2. The van der Waals surface area contributed by atoms with Crippen molar-refractivity contribution in [1.29, 1.82) is 0 Å². The predicted octanol–water partition coefficient (Wildman–Crippen LogP) is -3.08. The van der Waals surface area contributed by atoms with Gasteiger partial charge in [-0.1, -0.05) is 0 Å². The maximum atomic E-state index is 12.3. The lowest BCUT2D eigenvalue weighted by molar-refractivity contribution is -0.141. The molecule has 13 heteroatoms.